The van der Waals surface area contributed by atoms with Crippen LogP contribution < -0.4 is 4.18 Å². The number of fused-ring (bicyclic) bond motifs is 1. The van der Waals surface area contributed by atoms with Crippen LogP contribution in [0.2, 0.25) is 0 Å². The normalized spacial score (nSPS) is 31.9. The fourth-order valence-corrected chi connectivity index (χ4v) is 8.00. The number of aromatic nitrogens is 2. The molecule has 5 atom stereocenters. The summed E-state index contributed by atoms with van der Waals surface area (Å²) >= 11 is 2.06. The molecule has 1 saturated heterocycles. The van der Waals surface area contributed by atoms with E-state index in [0.717, 1.165) is 12.8 Å². The molecular weight excluding hydrogens is 408 g/mol. The van der Waals surface area contributed by atoms with E-state index in [9.17, 15) is 13.2 Å². The maximum absolute atomic E-state index is 13.6. The van der Waals surface area contributed by atoms with Gasteiger partial charge >= 0.3 is 10.1 Å². The molecule has 1 aromatic heterocycles. The van der Waals surface area contributed by atoms with E-state index < -0.39 is 10.1 Å². The third-order valence-corrected chi connectivity index (χ3v) is 9.65. The van der Waals surface area contributed by atoms with Crippen LogP contribution in [0.3, 0.4) is 0 Å². The highest BCUT2D eigenvalue weighted by molar-refractivity contribution is 8.00. The van der Waals surface area contributed by atoms with E-state index in [0.29, 0.717) is 29.2 Å². The van der Waals surface area contributed by atoms with Crippen LogP contribution in [0.25, 0.3) is 0 Å². The lowest BCUT2D eigenvalue weighted by Crippen LogP contribution is -2.51. The van der Waals surface area contributed by atoms with E-state index >= 15 is 0 Å². The molecule has 0 N–H and O–H groups in total. The minimum atomic E-state index is -3.74. The molecule has 0 radical (unpaired) electrons. The van der Waals surface area contributed by atoms with Crippen molar-refractivity contribution in [3.05, 3.63) is 11.8 Å². The summed E-state index contributed by atoms with van der Waals surface area (Å²) in [6.45, 7) is 12.9. The molecule has 2 fully saturated rings. The maximum atomic E-state index is 13.6. The first-order chi connectivity index (χ1) is 13.5. The summed E-state index contributed by atoms with van der Waals surface area (Å²) in [5.41, 5.74) is 0.494. The van der Waals surface area contributed by atoms with Gasteiger partial charge in [0.05, 0.1) is 11.9 Å². The van der Waals surface area contributed by atoms with E-state index in [4.69, 9.17) is 4.18 Å². The molecule has 0 spiro atoms. The Morgan fingerprint density at radius 2 is 2.03 bits per heavy atom. The molecule has 1 aromatic rings. The van der Waals surface area contributed by atoms with Crippen LogP contribution in [-0.4, -0.2) is 40.7 Å². The summed E-state index contributed by atoms with van der Waals surface area (Å²) in [5, 5.41) is 4.80. The quantitative estimate of drug-likeness (QED) is 0.484. The molecule has 5 unspecified atom stereocenters. The van der Waals surface area contributed by atoms with Crippen LogP contribution in [0.4, 0.5) is 0 Å². The average molecular weight is 443 g/mol. The SMILES string of the molecule is CCn1ncc(C(=O)C2CC(C)C3SCCC(C)(C)C3C2C)c1OS(=O)(=O)CC. The Morgan fingerprint density at radius 3 is 2.66 bits per heavy atom. The first-order valence-corrected chi connectivity index (χ1v) is 13.3. The molecule has 0 bridgehead atoms. The van der Waals surface area contributed by atoms with E-state index in [1.807, 2.05) is 6.92 Å². The highest BCUT2D eigenvalue weighted by Gasteiger charge is 2.51. The summed E-state index contributed by atoms with van der Waals surface area (Å²) < 4.78 is 31.0. The van der Waals surface area contributed by atoms with Gasteiger partial charge in [-0.05, 0) is 55.6 Å². The molecule has 1 aliphatic heterocycles. The summed E-state index contributed by atoms with van der Waals surface area (Å²) in [5.74, 6) is 2.05. The zero-order valence-corrected chi connectivity index (χ0v) is 20.0. The molecule has 164 valence electrons. The fraction of sp³-hybridized carbons (Fsp3) is 0.810. The number of carbonyl (C=O) groups is 1. The topological polar surface area (TPSA) is 78.3 Å². The van der Waals surface area contributed by atoms with Gasteiger partial charge in [-0.1, -0.05) is 27.7 Å². The van der Waals surface area contributed by atoms with Crippen LogP contribution in [-0.2, 0) is 16.7 Å². The van der Waals surface area contributed by atoms with E-state index in [1.165, 1.54) is 23.6 Å². The summed E-state index contributed by atoms with van der Waals surface area (Å²) in [6, 6.07) is 0. The van der Waals surface area contributed by atoms with Crippen molar-refractivity contribution in [3.63, 3.8) is 0 Å². The van der Waals surface area contributed by atoms with Crippen molar-refractivity contribution >= 4 is 27.7 Å². The van der Waals surface area contributed by atoms with Gasteiger partial charge in [0.2, 0.25) is 5.88 Å². The molecule has 2 aliphatic rings. The lowest BCUT2D eigenvalue weighted by atomic mass is 9.57. The molecule has 8 heteroatoms. The number of ketones is 1. The van der Waals surface area contributed by atoms with Crippen molar-refractivity contribution in [3.8, 4) is 5.88 Å². The molecule has 2 heterocycles. The van der Waals surface area contributed by atoms with Crippen molar-refractivity contribution in [1.29, 1.82) is 0 Å². The summed E-state index contributed by atoms with van der Waals surface area (Å²) in [6.07, 6.45) is 3.46. The number of nitrogens with zero attached hydrogens (tertiary/aromatic N) is 2. The summed E-state index contributed by atoms with van der Waals surface area (Å²) in [4.78, 5) is 13.6. The fourth-order valence-electron chi connectivity index (χ4n) is 5.28. The first kappa shape index (κ1) is 22.7. The van der Waals surface area contributed by atoms with Gasteiger partial charge in [-0.25, -0.2) is 4.68 Å². The minimum Gasteiger partial charge on any atom is -0.361 e. The highest BCUT2D eigenvalue weighted by Crippen LogP contribution is 2.56. The lowest BCUT2D eigenvalue weighted by molar-refractivity contribution is 0.0318. The average Bonchev–Trinajstić information content (AvgIpc) is 3.05. The second-order valence-electron chi connectivity index (χ2n) is 9.25. The zero-order valence-electron chi connectivity index (χ0n) is 18.3. The van der Waals surface area contributed by atoms with Crippen LogP contribution in [0.1, 0.15) is 64.7 Å². The Labute approximate surface area is 179 Å². The molecule has 1 aliphatic carbocycles. The van der Waals surface area contributed by atoms with Crippen molar-refractivity contribution in [2.24, 2.45) is 29.1 Å². The number of hydrogen-bond acceptors (Lipinski definition) is 6. The van der Waals surface area contributed by atoms with Gasteiger partial charge < -0.3 is 4.18 Å². The van der Waals surface area contributed by atoms with Crippen LogP contribution in [0, 0.1) is 29.1 Å². The van der Waals surface area contributed by atoms with Gasteiger partial charge in [-0.15, -0.1) is 0 Å². The Balaban J connectivity index is 1.95. The van der Waals surface area contributed by atoms with Crippen LogP contribution in [0.15, 0.2) is 6.20 Å². The highest BCUT2D eigenvalue weighted by atomic mass is 32.2. The molecule has 0 amide bonds. The molecular formula is C21H34N2O4S2. The predicted octanol–water partition coefficient (Wildman–Crippen LogP) is 4.25. The standard InChI is InChI=1S/C21H34N2O4S2/c1-7-23-20(27-29(25,26)8-2)16(12-22-23)18(24)15-11-13(3)19-17(14(15)4)21(5,6)9-10-28-19/h12-15,17,19H,7-11H2,1-6H3. The zero-order chi connectivity index (χ0) is 21.6. The van der Waals surface area contributed by atoms with Crippen molar-refractivity contribution in [2.75, 3.05) is 11.5 Å². The van der Waals surface area contributed by atoms with E-state index in [-0.39, 0.29) is 34.7 Å². The Kier molecular flexibility index (Phi) is 6.45. The monoisotopic (exact) mass is 442 g/mol. The van der Waals surface area contributed by atoms with Gasteiger partial charge in [-0.2, -0.15) is 25.3 Å². The molecule has 0 aromatic carbocycles. The predicted molar refractivity (Wildman–Crippen MR) is 117 cm³/mol. The lowest BCUT2D eigenvalue weighted by Gasteiger charge is -2.54. The molecule has 1 saturated carbocycles. The number of thioether (sulfide) groups is 1. The van der Waals surface area contributed by atoms with Gasteiger partial charge in [0.25, 0.3) is 0 Å². The van der Waals surface area contributed by atoms with Crippen molar-refractivity contribution in [1.82, 2.24) is 9.78 Å². The summed E-state index contributed by atoms with van der Waals surface area (Å²) in [7, 11) is -3.74. The second kappa shape index (κ2) is 8.25. The molecule has 6 nitrogen and oxygen atoms in total. The van der Waals surface area contributed by atoms with Gasteiger partial charge in [0, 0.05) is 17.7 Å². The number of Topliss-reactive ketones (excluding diaryl/α,β-unsaturated/α-hetero) is 1. The first-order valence-electron chi connectivity index (χ1n) is 10.7. The Hall–Kier alpha value is -1.02. The Morgan fingerprint density at radius 1 is 1.34 bits per heavy atom. The third-order valence-electron chi connectivity index (χ3n) is 6.95. The second-order valence-corrected chi connectivity index (χ2v) is 12.4. The van der Waals surface area contributed by atoms with Gasteiger partial charge in [0.15, 0.2) is 5.78 Å². The number of carbonyl (C=O) groups excluding carboxylic acids is 1. The Bertz CT molecular complexity index is 862. The van der Waals surface area contributed by atoms with Gasteiger partial charge in [0.1, 0.15) is 5.56 Å². The maximum Gasteiger partial charge on any atom is 0.310 e. The van der Waals surface area contributed by atoms with E-state index in [2.05, 4.69) is 44.6 Å². The smallest absolute Gasteiger partial charge is 0.310 e. The van der Waals surface area contributed by atoms with Crippen molar-refractivity contribution < 1.29 is 17.4 Å². The molecule has 29 heavy (non-hydrogen) atoms. The van der Waals surface area contributed by atoms with Crippen LogP contribution in [0.5, 0.6) is 5.88 Å². The van der Waals surface area contributed by atoms with Gasteiger partial charge in [-0.3, -0.25) is 4.79 Å². The van der Waals surface area contributed by atoms with Crippen molar-refractivity contribution in [2.45, 2.75) is 66.2 Å². The number of hydrogen-bond donors (Lipinski definition) is 0. The number of aryl methyl sites for hydroxylation is 1. The number of rotatable bonds is 6. The third kappa shape index (κ3) is 4.24. The minimum absolute atomic E-state index is 0.0322. The largest absolute Gasteiger partial charge is 0.361 e. The van der Waals surface area contributed by atoms with E-state index in [1.54, 1.807) is 0 Å². The molecule has 3 rings (SSSR count). The van der Waals surface area contributed by atoms with Crippen LogP contribution >= 0.6 is 11.8 Å².